The molecule has 0 aliphatic heterocycles. The molecule has 0 aliphatic rings. The Morgan fingerprint density at radius 3 is 2.79 bits per heavy atom. The molecule has 0 fully saturated rings. The molecule has 102 valence electrons. The van der Waals surface area contributed by atoms with Crippen molar-refractivity contribution >= 4 is 0 Å². The average molecular weight is 263 g/mol. The van der Waals surface area contributed by atoms with E-state index < -0.39 is 0 Å². The van der Waals surface area contributed by atoms with Gasteiger partial charge in [-0.25, -0.2) is 0 Å². The molecule has 0 unspecified atom stereocenters. The second kappa shape index (κ2) is 6.14. The number of ether oxygens (including phenoxy) is 2. The summed E-state index contributed by atoms with van der Waals surface area (Å²) in [5, 5.41) is 15.2. The SMILES string of the molecule is CNCc1nnn(Cc2ccc(OC)cc2OC)n1. The number of rotatable bonds is 6. The highest BCUT2D eigenvalue weighted by Gasteiger charge is 2.08. The Bertz CT molecular complexity index is 541. The number of benzene rings is 1. The van der Waals surface area contributed by atoms with Crippen LogP contribution in [0.3, 0.4) is 0 Å². The predicted molar refractivity (Wildman–Crippen MR) is 69.2 cm³/mol. The van der Waals surface area contributed by atoms with E-state index in [9.17, 15) is 0 Å². The van der Waals surface area contributed by atoms with Crippen molar-refractivity contribution in [3.63, 3.8) is 0 Å². The van der Waals surface area contributed by atoms with Gasteiger partial charge in [0, 0.05) is 11.6 Å². The summed E-state index contributed by atoms with van der Waals surface area (Å²) in [5.74, 6) is 2.16. The number of aromatic nitrogens is 4. The second-order valence-electron chi connectivity index (χ2n) is 3.94. The lowest BCUT2D eigenvalue weighted by Gasteiger charge is -2.09. The standard InChI is InChI=1S/C12H17N5O2/c1-13-7-12-14-16-17(15-12)8-9-4-5-10(18-2)6-11(9)19-3/h4-6,13H,7-8H2,1-3H3. The average Bonchev–Trinajstić information content (AvgIpc) is 2.87. The molecule has 0 radical (unpaired) electrons. The Labute approximate surface area is 111 Å². The highest BCUT2D eigenvalue weighted by Crippen LogP contribution is 2.24. The van der Waals surface area contributed by atoms with Gasteiger partial charge in [0.05, 0.1) is 27.3 Å². The molecule has 1 N–H and O–H groups in total. The fourth-order valence-electron chi connectivity index (χ4n) is 1.71. The summed E-state index contributed by atoms with van der Waals surface area (Å²) in [6, 6.07) is 5.64. The summed E-state index contributed by atoms with van der Waals surface area (Å²) in [7, 11) is 5.09. The lowest BCUT2D eigenvalue weighted by atomic mass is 10.2. The van der Waals surface area contributed by atoms with Crippen LogP contribution in [0.5, 0.6) is 11.5 Å². The van der Waals surface area contributed by atoms with Crippen LogP contribution in [0.25, 0.3) is 0 Å². The van der Waals surface area contributed by atoms with E-state index in [0.717, 1.165) is 17.1 Å². The van der Waals surface area contributed by atoms with Gasteiger partial charge in [-0.1, -0.05) is 0 Å². The zero-order valence-corrected chi connectivity index (χ0v) is 11.3. The Morgan fingerprint density at radius 1 is 1.26 bits per heavy atom. The fraction of sp³-hybridized carbons (Fsp3) is 0.417. The van der Waals surface area contributed by atoms with Gasteiger partial charge in [-0.05, 0) is 24.4 Å². The van der Waals surface area contributed by atoms with E-state index in [0.29, 0.717) is 18.9 Å². The van der Waals surface area contributed by atoms with Gasteiger partial charge >= 0.3 is 0 Å². The maximum atomic E-state index is 5.33. The van der Waals surface area contributed by atoms with Crippen LogP contribution >= 0.6 is 0 Å². The lowest BCUT2D eigenvalue weighted by Crippen LogP contribution is -2.09. The van der Waals surface area contributed by atoms with Crippen molar-refractivity contribution in [1.29, 1.82) is 0 Å². The van der Waals surface area contributed by atoms with Crippen molar-refractivity contribution in [3.8, 4) is 11.5 Å². The maximum Gasteiger partial charge on any atom is 0.188 e. The van der Waals surface area contributed by atoms with Crippen molar-refractivity contribution in [2.45, 2.75) is 13.1 Å². The van der Waals surface area contributed by atoms with Crippen LogP contribution in [-0.4, -0.2) is 41.5 Å². The zero-order valence-electron chi connectivity index (χ0n) is 11.3. The first-order valence-corrected chi connectivity index (χ1v) is 5.89. The van der Waals surface area contributed by atoms with Crippen molar-refractivity contribution in [3.05, 3.63) is 29.6 Å². The second-order valence-corrected chi connectivity index (χ2v) is 3.94. The summed E-state index contributed by atoms with van der Waals surface area (Å²) in [6.07, 6.45) is 0. The predicted octanol–water partition coefficient (Wildman–Crippen LogP) is 0.458. The monoisotopic (exact) mass is 263 g/mol. The van der Waals surface area contributed by atoms with Gasteiger partial charge in [0.15, 0.2) is 5.82 Å². The Hall–Kier alpha value is -2.15. The molecule has 0 bridgehead atoms. The minimum atomic E-state index is 0.504. The van der Waals surface area contributed by atoms with E-state index in [1.54, 1.807) is 14.2 Å². The largest absolute Gasteiger partial charge is 0.497 e. The van der Waals surface area contributed by atoms with Gasteiger partial charge in [0.2, 0.25) is 0 Å². The van der Waals surface area contributed by atoms with E-state index in [4.69, 9.17) is 9.47 Å². The molecule has 2 aromatic rings. The van der Waals surface area contributed by atoms with Crippen LogP contribution in [0.2, 0.25) is 0 Å². The number of nitrogens with zero attached hydrogens (tertiary/aromatic N) is 4. The Kier molecular flexibility index (Phi) is 4.30. The van der Waals surface area contributed by atoms with Gasteiger partial charge in [-0.2, -0.15) is 4.80 Å². The molecule has 0 atom stereocenters. The molecule has 2 rings (SSSR count). The summed E-state index contributed by atoms with van der Waals surface area (Å²) < 4.78 is 10.5. The maximum absolute atomic E-state index is 5.33. The molecular weight excluding hydrogens is 246 g/mol. The molecule has 19 heavy (non-hydrogen) atoms. The molecular formula is C12H17N5O2. The van der Waals surface area contributed by atoms with Crippen LogP contribution in [0.1, 0.15) is 11.4 Å². The van der Waals surface area contributed by atoms with Crippen LogP contribution in [0.4, 0.5) is 0 Å². The minimum absolute atomic E-state index is 0.504. The lowest BCUT2D eigenvalue weighted by molar-refractivity contribution is 0.388. The summed E-state index contributed by atoms with van der Waals surface area (Å²) in [4.78, 5) is 1.54. The first-order chi connectivity index (χ1) is 9.26. The molecule has 0 spiro atoms. The molecule has 1 aromatic carbocycles. The number of hydrogen-bond donors (Lipinski definition) is 1. The first-order valence-electron chi connectivity index (χ1n) is 5.89. The van der Waals surface area contributed by atoms with Gasteiger partial charge in [0.1, 0.15) is 11.5 Å². The zero-order chi connectivity index (χ0) is 13.7. The first kappa shape index (κ1) is 13.3. The summed E-state index contributed by atoms with van der Waals surface area (Å²) in [5.41, 5.74) is 0.969. The summed E-state index contributed by atoms with van der Waals surface area (Å²) >= 11 is 0. The van der Waals surface area contributed by atoms with Crippen LogP contribution < -0.4 is 14.8 Å². The smallest absolute Gasteiger partial charge is 0.188 e. The molecule has 0 amide bonds. The molecule has 0 aliphatic carbocycles. The number of methoxy groups -OCH3 is 2. The van der Waals surface area contributed by atoms with E-state index in [1.807, 2.05) is 25.2 Å². The Morgan fingerprint density at radius 2 is 2.11 bits per heavy atom. The van der Waals surface area contributed by atoms with Crippen LogP contribution in [0.15, 0.2) is 18.2 Å². The van der Waals surface area contributed by atoms with Crippen molar-refractivity contribution < 1.29 is 9.47 Å². The molecule has 7 heteroatoms. The highest BCUT2D eigenvalue weighted by molar-refractivity contribution is 5.40. The van der Waals surface area contributed by atoms with Gasteiger partial charge < -0.3 is 14.8 Å². The van der Waals surface area contributed by atoms with Gasteiger partial charge in [-0.3, -0.25) is 0 Å². The molecule has 7 nitrogen and oxygen atoms in total. The molecule has 0 saturated carbocycles. The number of hydrogen-bond acceptors (Lipinski definition) is 6. The minimum Gasteiger partial charge on any atom is -0.497 e. The van der Waals surface area contributed by atoms with E-state index >= 15 is 0 Å². The third-order valence-corrected chi connectivity index (χ3v) is 2.64. The normalized spacial score (nSPS) is 10.5. The quantitative estimate of drug-likeness (QED) is 0.816. The highest BCUT2D eigenvalue weighted by atomic mass is 16.5. The van der Waals surface area contributed by atoms with Gasteiger partial charge in [-0.15, -0.1) is 10.2 Å². The molecule has 0 saturated heterocycles. The number of tetrazole rings is 1. The van der Waals surface area contributed by atoms with E-state index in [2.05, 4.69) is 20.7 Å². The Balaban J connectivity index is 2.17. The van der Waals surface area contributed by atoms with E-state index in [1.165, 1.54) is 4.80 Å². The molecule has 1 heterocycles. The van der Waals surface area contributed by atoms with E-state index in [-0.39, 0.29) is 0 Å². The van der Waals surface area contributed by atoms with Crippen molar-refractivity contribution in [1.82, 2.24) is 25.5 Å². The topological polar surface area (TPSA) is 74.1 Å². The fourth-order valence-corrected chi connectivity index (χ4v) is 1.71. The summed E-state index contributed by atoms with van der Waals surface area (Å²) in [6.45, 7) is 1.10. The van der Waals surface area contributed by atoms with Gasteiger partial charge in [0.25, 0.3) is 0 Å². The third-order valence-electron chi connectivity index (χ3n) is 2.64. The van der Waals surface area contributed by atoms with Crippen LogP contribution in [-0.2, 0) is 13.1 Å². The van der Waals surface area contributed by atoms with Crippen molar-refractivity contribution in [2.24, 2.45) is 0 Å². The number of nitrogens with one attached hydrogen (secondary N) is 1. The molecule has 1 aromatic heterocycles. The van der Waals surface area contributed by atoms with Crippen molar-refractivity contribution in [2.75, 3.05) is 21.3 Å². The van der Waals surface area contributed by atoms with Crippen LogP contribution in [0, 0.1) is 0 Å². The third kappa shape index (κ3) is 3.19.